The van der Waals surface area contributed by atoms with Gasteiger partial charge in [0.25, 0.3) is 0 Å². The number of halogens is 1. The smallest absolute Gasteiger partial charge is 0.339 e. The third-order valence-electron chi connectivity index (χ3n) is 3.01. The van der Waals surface area contributed by atoms with Gasteiger partial charge in [-0.3, -0.25) is 0 Å². The normalized spacial score (nSPS) is 10.8. The molecule has 0 saturated carbocycles. The first-order valence-corrected chi connectivity index (χ1v) is 7.71. The Bertz CT molecular complexity index is 780. The molecule has 1 aromatic heterocycles. The van der Waals surface area contributed by atoms with Crippen LogP contribution in [0, 0.1) is 0 Å². The molecule has 3 nitrogen and oxygen atoms in total. The van der Waals surface area contributed by atoms with Gasteiger partial charge in [0.2, 0.25) is 0 Å². The summed E-state index contributed by atoms with van der Waals surface area (Å²) in [7, 11) is 0. The summed E-state index contributed by atoms with van der Waals surface area (Å²) in [5, 5.41) is 1.26. The molecule has 0 bridgehead atoms. The van der Waals surface area contributed by atoms with E-state index in [9.17, 15) is 4.79 Å². The second kappa shape index (κ2) is 5.84. The van der Waals surface area contributed by atoms with Crippen LogP contribution in [0.4, 0.5) is 0 Å². The van der Waals surface area contributed by atoms with Gasteiger partial charge >= 0.3 is 5.97 Å². The zero-order valence-electron chi connectivity index (χ0n) is 11.3. The Morgan fingerprint density at radius 1 is 1.29 bits per heavy atom. The Morgan fingerprint density at radius 2 is 2.10 bits per heavy atom. The summed E-state index contributed by atoms with van der Waals surface area (Å²) in [6.07, 6.45) is 0. The maximum absolute atomic E-state index is 11.7. The van der Waals surface area contributed by atoms with Crippen LogP contribution in [0.2, 0.25) is 5.02 Å². The lowest BCUT2D eigenvalue weighted by Crippen LogP contribution is -2.05. The second-order valence-corrected chi connectivity index (χ2v) is 5.84. The molecule has 0 aliphatic carbocycles. The lowest BCUT2D eigenvalue weighted by Gasteiger charge is -2.05. The number of hydrogen-bond acceptors (Lipinski definition) is 4. The van der Waals surface area contributed by atoms with Crippen molar-refractivity contribution in [1.29, 1.82) is 0 Å². The summed E-state index contributed by atoms with van der Waals surface area (Å²) in [5.74, 6) is -0.404. The first kappa shape index (κ1) is 14.0. The number of rotatable bonds is 3. The largest absolute Gasteiger partial charge is 0.462 e. The van der Waals surface area contributed by atoms with Crippen LogP contribution in [0.3, 0.4) is 0 Å². The molecule has 0 saturated heterocycles. The number of carbonyl (C=O) groups is 1. The molecule has 0 aliphatic heterocycles. The summed E-state index contributed by atoms with van der Waals surface area (Å²) in [5.41, 5.74) is 2.24. The maximum Gasteiger partial charge on any atom is 0.339 e. The van der Waals surface area contributed by atoms with Crippen LogP contribution < -0.4 is 0 Å². The van der Waals surface area contributed by atoms with Gasteiger partial charge in [-0.1, -0.05) is 29.8 Å². The fourth-order valence-corrected chi connectivity index (χ4v) is 3.24. The Balaban J connectivity index is 1.99. The summed E-state index contributed by atoms with van der Waals surface area (Å²) in [6.45, 7) is 2.09. The standard InChI is InChI=1S/C16H12ClNO2S/c1-2-20-16(19)11-8-7-10(9-12(11)17)15-18-13-5-3-4-6-14(13)21-15/h3-9H,2H2,1H3. The van der Waals surface area contributed by atoms with Gasteiger partial charge in [0, 0.05) is 5.56 Å². The minimum absolute atomic E-state index is 0.328. The highest BCUT2D eigenvalue weighted by molar-refractivity contribution is 7.21. The number of fused-ring (bicyclic) bond motifs is 1. The number of carbonyl (C=O) groups excluding carboxylic acids is 1. The minimum Gasteiger partial charge on any atom is -0.462 e. The van der Waals surface area contributed by atoms with Gasteiger partial charge < -0.3 is 4.74 Å². The lowest BCUT2D eigenvalue weighted by atomic mass is 10.1. The van der Waals surface area contributed by atoms with E-state index >= 15 is 0 Å². The molecule has 0 radical (unpaired) electrons. The van der Waals surface area contributed by atoms with Crippen LogP contribution in [0.1, 0.15) is 17.3 Å². The number of benzene rings is 2. The molecule has 3 aromatic rings. The Labute approximate surface area is 131 Å². The average Bonchev–Trinajstić information content (AvgIpc) is 2.91. The van der Waals surface area contributed by atoms with Gasteiger partial charge in [-0.05, 0) is 31.2 Å². The number of thiazole rings is 1. The lowest BCUT2D eigenvalue weighted by molar-refractivity contribution is 0.0526. The van der Waals surface area contributed by atoms with E-state index in [1.165, 1.54) is 0 Å². The molecule has 21 heavy (non-hydrogen) atoms. The van der Waals surface area contributed by atoms with Crippen molar-refractivity contribution in [2.75, 3.05) is 6.61 Å². The molecule has 0 amide bonds. The van der Waals surface area contributed by atoms with E-state index in [1.54, 1.807) is 30.4 Å². The van der Waals surface area contributed by atoms with Crippen molar-refractivity contribution in [3.63, 3.8) is 0 Å². The van der Waals surface area contributed by atoms with Crippen LogP contribution in [-0.4, -0.2) is 17.6 Å². The molecule has 0 unspecified atom stereocenters. The summed E-state index contributed by atoms with van der Waals surface area (Å²) in [6, 6.07) is 13.2. The average molecular weight is 318 g/mol. The zero-order chi connectivity index (χ0) is 14.8. The molecular formula is C16H12ClNO2S. The Kier molecular flexibility index (Phi) is 3.90. The van der Waals surface area contributed by atoms with Gasteiger partial charge in [-0.15, -0.1) is 11.3 Å². The maximum atomic E-state index is 11.7. The minimum atomic E-state index is -0.404. The number of esters is 1. The van der Waals surface area contributed by atoms with Gasteiger partial charge in [-0.25, -0.2) is 9.78 Å². The molecule has 5 heteroatoms. The molecule has 1 heterocycles. The van der Waals surface area contributed by atoms with Crippen molar-refractivity contribution in [3.05, 3.63) is 53.1 Å². The Hall–Kier alpha value is -1.91. The molecular weight excluding hydrogens is 306 g/mol. The quantitative estimate of drug-likeness (QED) is 0.652. The van der Waals surface area contributed by atoms with E-state index in [0.29, 0.717) is 17.2 Å². The van der Waals surface area contributed by atoms with Gasteiger partial charge in [0.1, 0.15) is 5.01 Å². The molecule has 2 aromatic carbocycles. The molecule has 106 valence electrons. The van der Waals surface area contributed by atoms with E-state index < -0.39 is 5.97 Å². The SMILES string of the molecule is CCOC(=O)c1ccc(-c2nc3ccccc3s2)cc1Cl. The summed E-state index contributed by atoms with van der Waals surface area (Å²) >= 11 is 7.78. The van der Waals surface area contributed by atoms with Crippen molar-refractivity contribution in [3.8, 4) is 10.6 Å². The van der Waals surface area contributed by atoms with Crippen LogP contribution in [0.15, 0.2) is 42.5 Å². The van der Waals surface area contributed by atoms with Crippen molar-refractivity contribution in [1.82, 2.24) is 4.98 Å². The van der Waals surface area contributed by atoms with Gasteiger partial charge in [-0.2, -0.15) is 0 Å². The highest BCUT2D eigenvalue weighted by Gasteiger charge is 2.13. The van der Waals surface area contributed by atoms with Gasteiger partial charge in [0.05, 0.1) is 27.4 Å². The predicted molar refractivity (Wildman–Crippen MR) is 86.0 cm³/mol. The van der Waals surface area contributed by atoms with Crippen LogP contribution in [0.5, 0.6) is 0 Å². The fourth-order valence-electron chi connectivity index (χ4n) is 2.02. The first-order chi connectivity index (χ1) is 10.2. The van der Waals surface area contributed by atoms with Gasteiger partial charge in [0.15, 0.2) is 0 Å². The summed E-state index contributed by atoms with van der Waals surface area (Å²) < 4.78 is 6.09. The topological polar surface area (TPSA) is 39.2 Å². The van der Waals surface area contributed by atoms with E-state index in [-0.39, 0.29) is 0 Å². The van der Waals surface area contributed by atoms with Crippen LogP contribution in [0.25, 0.3) is 20.8 Å². The molecule has 0 aliphatic rings. The molecule has 0 N–H and O–H groups in total. The third-order valence-corrected chi connectivity index (χ3v) is 4.40. The number of hydrogen-bond donors (Lipinski definition) is 0. The highest BCUT2D eigenvalue weighted by Crippen LogP contribution is 2.32. The molecule has 3 rings (SSSR count). The number of nitrogens with zero attached hydrogens (tertiary/aromatic N) is 1. The van der Waals surface area contributed by atoms with Crippen molar-refractivity contribution >= 4 is 39.1 Å². The number of para-hydroxylation sites is 1. The Morgan fingerprint density at radius 3 is 2.81 bits per heavy atom. The van der Waals surface area contributed by atoms with Crippen molar-refractivity contribution < 1.29 is 9.53 Å². The molecule has 0 atom stereocenters. The van der Waals surface area contributed by atoms with Crippen molar-refractivity contribution in [2.45, 2.75) is 6.92 Å². The van der Waals surface area contributed by atoms with E-state index in [2.05, 4.69) is 4.98 Å². The fraction of sp³-hybridized carbons (Fsp3) is 0.125. The van der Waals surface area contributed by atoms with E-state index in [0.717, 1.165) is 20.8 Å². The zero-order valence-corrected chi connectivity index (χ0v) is 12.9. The number of aromatic nitrogens is 1. The van der Waals surface area contributed by atoms with E-state index in [1.807, 2.05) is 30.3 Å². The predicted octanol–water partition coefficient (Wildman–Crippen LogP) is 4.79. The molecule has 0 fully saturated rings. The second-order valence-electron chi connectivity index (χ2n) is 4.40. The summed E-state index contributed by atoms with van der Waals surface area (Å²) in [4.78, 5) is 16.3. The van der Waals surface area contributed by atoms with Crippen molar-refractivity contribution in [2.24, 2.45) is 0 Å². The van der Waals surface area contributed by atoms with E-state index in [4.69, 9.17) is 16.3 Å². The van der Waals surface area contributed by atoms with Crippen LogP contribution in [-0.2, 0) is 4.74 Å². The monoisotopic (exact) mass is 317 g/mol. The number of ether oxygens (including phenoxy) is 1. The third kappa shape index (κ3) is 2.77. The van der Waals surface area contributed by atoms with Crippen LogP contribution >= 0.6 is 22.9 Å². The highest BCUT2D eigenvalue weighted by atomic mass is 35.5. The molecule has 0 spiro atoms. The first-order valence-electron chi connectivity index (χ1n) is 6.51.